The van der Waals surface area contributed by atoms with Gasteiger partial charge in [0.25, 0.3) is 0 Å². The van der Waals surface area contributed by atoms with E-state index < -0.39 is 0 Å². The summed E-state index contributed by atoms with van der Waals surface area (Å²) in [5, 5.41) is 15.2. The summed E-state index contributed by atoms with van der Waals surface area (Å²) in [7, 11) is 0. The van der Waals surface area contributed by atoms with Crippen molar-refractivity contribution >= 4 is 5.95 Å². The van der Waals surface area contributed by atoms with E-state index in [1.807, 2.05) is 24.3 Å². The molecule has 4 rings (SSSR count). The molecule has 3 aromatic rings. The lowest BCUT2D eigenvalue weighted by Gasteiger charge is -2.26. The van der Waals surface area contributed by atoms with Crippen molar-refractivity contribution in [3.63, 3.8) is 0 Å². The number of ether oxygens (including phenoxy) is 1. The highest BCUT2D eigenvalue weighted by Gasteiger charge is 2.10. The predicted molar refractivity (Wildman–Crippen MR) is 121 cm³/mol. The highest BCUT2D eigenvalue weighted by molar-refractivity contribution is 5.28. The Morgan fingerprint density at radius 2 is 1.71 bits per heavy atom. The van der Waals surface area contributed by atoms with Gasteiger partial charge in [0.1, 0.15) is 5.75 Å². The van der Waals surface area contributed by atoms with Crippen molar-refractivity contribution in [3.8, 4) is 5.75 Å². The number of hydrogen-bond donors (Lipinski definition) is 1. The van der Waals surface area contributed by atoms with Gasteiger partial charge in [-0.3, -0.25) is 4.90 Å². The SMILES string of the molecule is O.c1ccc(Cn2nnnc2NCCCOc2cccc(CN3CCCCC3)c2)cc1. The third-order valence-electron chi connectivity index (χ3n) is 5.33. The number of benzene rings is 2. The molecule has 2 aromatic carbocycles. The van der Waals surface area contributed by atoms with Crippen LogP contribution in [0.4, 0.5) is 5.95 Å². The van der Waals surface area contributed by atoms with Gasteiger partial charge in [0.05, 0.1) is 13.2 Å². The van der Waals surface area contributed by atoms with Gasteiger partial charge >= 0.3 is 0 Å². The Balaban J connectivity index is 0.00000272. The second-order valence-electron chi connectivity index (χ2n) is 7.76. The van der Waals surface area contributed by atoms with Gasteiger partial charge in [-0.2, -0.15) is 0 Å². The Hall–Kier alpha value is -2.97. The molecule has 166 valence electrons. The van der Waals surface area contributed by atoms with Gasteiger partial charge in [0, 0.05) is 13.1 Å². The molecule has 0 aliphatic carbocycles. The van der Waals surface area contributed by atoms with Crippen LogP contribution in [0.3, 0.4) is 0 Å². The van der Waals surface area contributed by atoms with E-state index in [-0.39, 0.29) is 5.48 Å². The van der Waals surface area contributed by atoms with Crippen LogP contribution >= 0.6 is 0 Å². The summed E-state index contributed by atoms with van der Waals surface area (Å²) >= 11 is 0. The zero-order valence-electron chi connectivity index (χ0n) is 17.9. The third kappa shape index (κ3) is 7.04. The Morgan fingerprint density at radius 3 is 2.55 bits per heavy atom. The van der Waals surface area contributed by atoms with Crippen LogP contribution in [0.2, 0.25) is 0 Å². The zero-order chi connectivity index (χ0) is 20.4. The molecule has 0 atom stereocenters. The van der Waals surface area contributed by atoms with Crippen molar-refractivity contribution in [1.29, 1.82) is 0 Å². The fourth-order valence-electron chi connectivity index (χ4n) is 3.77. The molecule has 0 amide bonds. The minimum absolute atomic E-state index is 0. The summed E-state index contributed by atoms with van der Waals surface area (Å²) in [4.78, 5) is 2.53. The largest absolute Gasteiger partial charge is 0.494 e. The molecule has 1 fully saturated rings. The van der Waals surface area contributed by atoms with Crippen LogP contribution in [-0.4, -0.2) is 56.8 Å². The van der Waals surface area contributed by atoms with Crippen LogP contribution in [-0.2, 0) is 13.1 Å². The maximum absolute atomic E-state index is 5.96. The van der Waals surface area contributed by atoms with Crippen molar-refractivity contribution in [1.82, 2.24) is 25.1 Å². The number of hydrogen-bond acceptors (Lipinski definition) is 6. The first-order valence-corrected chi connectivity index (χ1v) is 10.8. The Morgan fingerprint density at radius 1 is 0.903 bits per heavy atom. The first-order chi connectivity index (χ1) is 14.9. The summed E-state index contributed by atoms with van der Waals surface area (Å²) in [5.41, 5.74) is 2.49. The number of nitrogens with zero attached hydrogens (tertiary/aromatic N) is 5. The van der Waals surface area contributed by atoms with Crippen molar-refractivity contribution in [2.24, 2.45) is 0 Å². The number of nitrogens with one attached hydrogen (secondary N) is 1. The number of tetrazole rings is 1. The number of likely N-dealkylation sites (tertiary alicyclic amines) is 1. The number of anilines is 1. The first kappa shape index (κ1) is 22.7. The molecule has 0 bridgehead atoms. The lowest BCUT2D eigenvalue weighted by atomic mass is 10.1. The minimum atomic E-state index is 0. The van der Waals surface area contributed by atoms with Crippen molar-refractivity contribution in [3.05, 3.63) is 65.7 Å². The molecule has 3 N–H and O–H groups in total. The summed E-state index contributed by atoms with van der Waals surface area (Å²) in [6.07, 6.45) is 4.87. The molecular weight excluding hydrogens is 392 g/mol. The molecule has 0 saturated carbocycles. The van der Waals surface area contributed by atoms with Crippen molar-refractivity contribution < 1.29 is 10.2 Å². The smallest absolute Gasteiger partial charge is 0.243 e. The number of rotatable bonds is 10. The standard InChI is InChI=1S/C23H30N6O.H2O/c1-3-9-20(10-4-1)19-29-23(25-26-27-29)24-13-8-16-30-22-12-7-11-21(17-22)18-28-14-5-2-6-15-28;/h1,3-4,7,9-12,17H,2,5-6,8,13-16,18-19H2,(H,24,25,27);1H2. The van der Waals surface area contributed by atoms with Crippen molar-refractivity contribution in [2.75, 3.05) is 31.6 Å². The van der Waals surface area contributed by atoms with Gasteiger partial charge in [-0.05, 0) is 66.0 Å². The molecular formula is C23H32N6O2. The molecule has 8 heteroatoms. The topological polar surface area (TPSA) is 99.6 Å². The van der Waals surface area contributed by atoms with Crippen molar-refractivity contribution in [2.45, 2.75) is 38.8 Å². The lowest BCUT2D eigenvalue weighted by Crippen LogP contribution is -2.29. The fraction of sp³-hybridized carbons (Fsp3) is 0.435. The molecule has 0 radical (unpaired) electrons. The average molecular weight is 425 g/mol. The summed E-state index contributed by atoms with van der Waals surface area (Å²) < 4.78 is 7.74. The second-order valence-corrected chi connectivity index (χ2v) is 7.76. The maximum atomic E-state index is 5.96. The highest BCUT2D eigenvalue weighted by atomic mass is 16.5. The molecule has 1 aliphatic rings. The van der Waals surface area contributed by atoms with E-state index in [2.05, 4.69) is 56.1 Å². The van der Waals surface area contributed by atoms with Crippen LogP contribution in [0.1, 0.15) is 36.8 Å². The molecule has 1 aromatic heterocycles. The third-order valence-corrected chi connectivity index (χ3v) is 5.33. The quantitative estimate of drug-likeness (QED) is 0.503. The van der Waals surface area contributed by atoms with Gasteiger partial charge in [-0.25, -0.2) is 4.68 Å². The van der Waals surface area contributed by atoms with E-state index >= 15 is 0 Å². The van der Waals surface area contributed by atoms with E-state index in [1.54, 1.807) is 4.68 Å². The summed E-state index contributed by atoms with van der Waals surface area (Å²) in [6.45, 7) is 5.49. The van der Waals surface area contributed by atoms with E-state index in [0.29, 0.717) is 19.1 Å². The molecule has 0 spiro atoms. The summed E-state index contributed by atoms with van der Waals surface area (Å²) in [6, 6.07) is 18.7. The fourth-order valence-corrected chi connectivity index (χ4v) is 3.77. The molecule has 31 heavy (non-hydrogen) atoms. The highest BCUT2D eigenvalue weighted by Crippen LogP contribution is 2.17. The van der Waals surface area contributed by atoms with E-state index in [1.165, 1.54) is 43.5 Å². The van der Waals surface area contributed by atoms with Crippen LogP contribution < -0.4 is 10.1 Å². The summed E-state index contributed by atoms with van der Waals surface area (Å²) in [5.74, 6) is 1.63. The molecule has 1 saturated heterocycles. The predicted octanol–water partition coefficient (Wildman–Crippen LogP) is 2.76. The van der Waals surface area contributed by atoms with E-state index in [9.17, 15) is 0 Å². The van der Waals surface area contributed by atoms with E-state index in [4.69, 9.17) is 4.74 Å². The lowest BCUT2D eigenvalue weighted by molar-refractivity contribution is 0.220. The Bertz CT molecular complexity index is 896. The molecule has 1 aliphatic heterocycles. The molecule has 0 unspecified atom stereocenters. The maximum Gasteiger partial charge on any atom is 0.243 e. The second kappa shape index (κ2) is 12.0. The van der Waals surface area contributed by atoms with Gasteiger partial charge in [-0.15, -0.1) is 0 Å². The Labute approximate surface area is 183 Å². The normalized spacial score (nSPS) is 14.1. The average Bonchev–Trinajstić information content (AvgIpc) is 3.22. The van der Waals surface area contributed by atoms with Gasteiger partial charge in [0.2, 0.25) is 5.95 Å². The van der Waals surface area contributed by atoms with Crippen LogP contribution in [0.15, 0.2) is 54.6 Å². The van der Waals surface area contributed by atoms with Crippen LogP contribution in [0.25, 0.3) is 0 Å². The minimum Gasteiger partial charge on any atom is -0.494 e. The van der Waals surface area contributed by atoms with Gasteiger partial charge in [-0.1, -0.05) is 54.0 Å². The number of piperidine rings is 1. The van der Waals surface area contributed by atoms with Gasteiger partial charge < -0.3 is 15.5 Å². The van der Waals surface area contributed by atoms with Gasteiger partial charge in [0.15, 0.2) is 0 Å². The molecule has 2 heterocycles. The number of aromatic nitrogens is 4. The van der Waals surface area contributed by atoms with Crippen LogP contribution in [0.5, 0.6) is 5.75 Å². The van der Waals surface area contributed by atoms with Crippen LogP contribution in [0, 0.1) is 0 Å². The Kier molecular flexibility index (Phi) is 8.81. The zero-order valence-corrected chi connectivity index (χ0v) is 17.9. The van der Waals surface area contributed by atoms with E-state index in [0.717, 1.165) is 25.3 Å². The molecule has 8 nitrogen and oxygen atoms in total. The first-order valence-electron chi connectivity index (χ1n) is 10.8. The monoisotopic (exact) mass is 424 g/mol.